The first-order valence-electron chi connectivity index (χ1n) is 4.89. The summed E-state index contributed by atoms with van der Waals surface area (Å²) < 4.78 is 0. The van der Waals surface area contributed by atoms with Gasteiger partial charge in [-0.25, -0.2) is 0 Å². The van der Waals surface area contributed by atoms with Gasteiger partial charge in [0.05, 0.1) is 0 Å². The van der Waals surface area contributed by atoms with Gasteiger partial charge in [0.1, 0.15) is 0 Å². The minimum atomic E-state index is 0.265. The molecule has 1 aromatic rings. The minimum absolute atomic E-state index is 0.265. The Balaban J connectivity index is 2.57. The fourth-order valence-electron chi connectivity index (χ4n) is 1.96. The highest BCUT2D eigenvalue weighted by Crippen LogP contribution is 2.40. The van der Waals surface area contributed by atoms with Gasteiger partial charge in [-0.3, -0.25) is 0 Å². The van der Waals surface area contributed by atoms with E-state index < -0.39 is 0 Å². The van der Waals surface area contributed by atoms with Crippen molar-refractivity contribution < 1.29 is 0 Å². The zero-order valence-corrected chi connectivity index (χ0v) is 8.81. The van der Waals surface area contributed by atoms with Crippen molar-refractivity contribution in [1.29, 1.82) is 0 Å². The molecular weight excluding hydrogens is 158 g/mol. The van der Waals surface area contributed by atoms with E-state index in [0.29, 0.717) is 6.04 Å². The van der Waals surface area contributed by atoms with E-state index in [-0.39, 0.29) is 5.41 Å². The summed E-state index contributed by atoms with van der Waals surface area (Å²) in [5.74, 6) is 0. The van der Waals surface area contributed by atoms with Crippen LogP contribution in [0.25, 0.3) is 0 Å². The topological polar surface area (TPSA) is 12.0 Å². The molecule has 1 heteroatoms. The fourth-order valence-corrected chi connectivity index (χ4v) is 1.96. The van der Waals surface area contributed by atoms with Crippen molar-refractivity contribution in [3.05, 3.63) is 29.3 Å². The number of benzene rings is 1. The van der Waals surface area contributed by atoms with E-state index in [4.69, 9.17) is 0 Å². The molecule has 1 aromatic carbocycles. The molecular formula is C12H17N. The van der Waals surface area contributed by atoms with Crippen LogP contribution in [0.5, 0.6) is 0 Å². The summed E-state index contributed by atoms with van der Waals surface area (Å²) in [6, 6.07) is 7.19. The molecule has 0 unspecified atom stereocenters. The summed E-state index contributed by atoms with van der Waals surface area (Å²) in [7, 11) is 0. The third kappa shape index (κ3) is 1.14. The highest BCUT2D eigenvalue weighted by atomic mass is 15.0. The van der Waals surface area contributed by atoms with E-state index in [1.807, 2.05) is 0 Å². The van der Waals surface area contributed by atoms with Crippen LogP contribution < -0.4 is 5.32 Å². The van der Waals surface area contributed by atoms with Crippen molar-refractivity contribution in [3.63, 3.8) is 0 Å². The molecule has 13 heavy (non-hydrogen) atoms. The number of hydrogen-bond acceptors (Lipinski definition) is 1. The predicted octanol–water partition coefficient (Wildman–Crippen LogP) is 3.09. The molecule has 0 spiro atoms. The standard InChI is InChI=1S/C12H17N/c1-8-5-6-11-10(7-8)12(3,4)9(2)13-11/h5-7,9,13H,1-4H3/t9-/m0/s1. The summed E-state index contributed by atoms with van der Waals surface area (Å²) in [4.78, 5) is 0. The highest BCUT2D eigenvalue weighted by molar-refractivity contribution is 5.62. The van der Waals surface area contributed by atoms with Crippen LogP contribution >= 0.6 is 0 Å². The van der Waals surface area contributed by atoms with Gasteiger partial charge in [-0.15, -0.1) is 0 Å². The summed E-state index contributed by atoms with van der Waals surface area (Å²) in [5, 5.41) is 3.51. The Hall–Kier alpha value is -0.980. The second-order valence-corrected chi connectivity index (χ2v) is 4.64. The minimum Gasteiger partial charge on any atom is -0.381 e. The summed E-state index contributed by atoms with van der Waals surface area (Å²) >= 11 is 0. The van der Waals surface area contributed by atoms with Gasteiger partial charge in [-0.05, 0) is 25.5 Å². The van der Waals surface area contributed by atoms with Crippen molar-refractivity contribution in [2.24, 2.45) is 0 Å². The van der Waals surface area contributed by atoms with E-state index in [1.54, 1.807) is 0 Å². The van der Waals surface area contributed by atoms with Crippen LogP contribution in [0.1, 0.15) is 31.9 Å². The monoisotopic (exact) mass is 175 g/mol. The van der Waals surface area contributed by atoms with Crippen LogP contribution in [0.2, 0.25) is 0 Å². The molecule has 1 heterocycles. The Kier molecular flexibility index (Phi) is 1.66. The van der Waals surface area contributed by atoms with Crippen LogP contribution in [0.3, 0.4) is 0 Å². The molecule has 0 radical (unpaired) electrons. The second-order valence-electron chi connectivity index (χ2n) is 4.64. The maximum absolute atomic E-state index is 3.51. The largest absolute Gasteiger partial charge is 0.381 e. The average molecular weight is 175 g/mol. The van der Waals surface area contributed by atoms with Gasteiger partial charge in [-0.2, -0.15) is 0 Å². The average Bonchev–Trinajstić information content (AvgIpc) is 2.27. The molecule has 1 aliphatic heterocycles. The molecule has 0 saturated heterocycles. The quantitative estimate of drug-likeness (QED) is 0.639. The molecule has 1 nitrogen and oxygen atoms in total. The first kappa shape index (κ1) is 8.61. The Morgan fingerprint density at radius 1 is 1.31 bits per heavy atom. The van der Waals surface area contributed by atoms with E-state index in [1.165, 1.54) is 16.8 Å². The number of aryl methyl sites for hydroxylation is 1. The van der Waals surface area contributed by atoms with Crippen LogP contribution in [0.15, 0.2) is 18.2 Å². The lowest BCUT2D eigenvalue weighted by Crippen LogP contribution is -2.29. The van der Waals surface area contributed by atoms with Gasteiger partial charge in [0, 0.05) is 17.1 Å². The summed E-state index contributed by atoms with van der Waals surface area (Å²) in [6.45, 7) is 9.00. The van der Waals surface area contributed by atoms with Crippen molar-refractivity contribution in [2.75, 3.05) is 5.32 Å². The Labute approximate surface area is 80.2 Å². The van der Waals surface area contributed by atoms with E-state index in [0.717, 1.165) is 0 Å². The molecule has 1 aliphatic rings. The molecule has 1 N–H and O–H groups in total. The third-order valence-electron chi connectivity index (χ3n) is 3.32. The Bertz CT molecular complexity index is 339. The van der Waals surface area contributed by atoms with Gasteiger partial charge in [0.25, 0.3) is 0 Å². The molecule has 2 rings (SSSR count). The zero-order valence-electron chi connectivity index (χ0n) is 8.81. The summed E-state index contributed by atoms with van der Waals surface area (Å²) in [5.41, 5.74) is 4.38. The van der Waals surface area contributed by atoms with E-state index in [2.05, 4.69) is 51.2 Å². The zero-order chi connectivity index (χ0) is 9.64. The van der Waals surface area contributed by atoms with Gasteiger partial charge in [-0.1, -0.05) is 31.5 Å². The van der Waals surface area contributed by atoms with Crippen LogP contribution in [0, 0.1) is 6.92 Å². The first-order valence-corrected chi connectivity index (χ1v) is 4.89. The maximum Gasteiger partial charge on any atom is 0.0381 e. The van der Waals surface area contributed by atoms with Crippen molar-refractivity contribution >= 4 is 5.69 Å². The predicted molar refractivity (Wildman–Crippen MR) is 57.3 cm³/mol. The van der Waals surface area contributed by atoms with Gasteiger partial charge in [0.2, 0.25) is 0 Å². The number of hydrogen-bond donors (Lipinski definition) is 1. The van der Waals surface area contributed by atoms with Crippen molar-refractivity contribution in [1.82, 2.24) is 0 Å². The molecule has 0 fully saturated rings. The molecule has 0 amide bonds. The fraction of sp³-hybridized carbons (Fsp3) is 0.500. The van der Waals surface area contributed by atoms with Gasteiger partial charge < -0.3 is 5.32 Å². The summed E-state index contributed by atoms with van der Waals surface area (Å²) in [6.07, 6.45) is 0. The van der Waals surface area contributed by atoms with Crippen LogP contribution in [-0.2, 0) is 5.41 Å². The molecule has 0 bridgehead atoms. The molecule has 0 aliphatic carbocycles. The number of anilines is 1. The van der Waals surface area contributed by atoms with Gasteiger partial charge >= 0.3 is 0 Å². The lowest BCUT2D eigenvalue weighted by atomic mass is 9.81. The molecule has 1 atom stereocenters. The lowest BCUT2D eigenvalue weighted by molar-refractivity contribution is 0.486. The number of rotatable bonds is 0. The van der Waals surface area contributed by atoms with E-state index in [9.17, 15) is 0 Å². The van der Waals surface area contributed by atoms with E-state index >= 15 is 0 Å². The molecule has 0 saturated carbocycles. The SMILES string of the molecule is Cc1ccc2c(c1)C(C)(C)[C@H](C)N2. The first-order chi connectivity index (χ1) is 6.01. The van der Waals surface area contributed by atoms with Crippen LogP contribution in [-0.4, -0.2) is 6.04 Å². The highest BCUT2D eigenvalue weighted by Gasteiger charge is 2.35. The number of nitrogens with one attached hydrogen (secondary N) is 1. The second kappa shape index (κ2) is 2.50. The smallest absolute Gasteiger partial charge is 0.0381 e. The number of fused-ring (bicyclic) bond motifs is 1. The molecule has 70 valence electrons. The Morgan fingerprint density at radius 2 is 2.00 bits per heavy atom. The normalized spacial score (nSPS) is 23.8. The van der Waals surface area contributed by atoms with Crippen molar-refractivity contribution in [2.45, 2.75) is 39.2 Å². The third-order valence-corrected chi connectivity index (χ3v) is 3.32. The maximum atomic E-state index is 3.51. The van der Waals surface area contributed by atoms with Crippen LogP contribution in [0.4, 0.5) is 5.69 Å². The van der Waals surface area contributed by atoms with Gasteiger partial charge in [0.15, 0.2) is 0 Å². The lowest BCUT2D eigenvalue weighted by Gasteiger charge is -2.24. The van der Waals surface area contributed by atoms with Crippen molar-refractivity contribution in [3.8, 4) is 0 Å². The molecule has 0 aromatic heterocycles. The Morgan fingerprint density at radius 3 is 2.69 bits per heavy atom.